The van der Waals surface area contributed by atoms with Crippen molar-refractivity contribution in [2.24, 2.45) is 0 Å². The zero-order valence-corrected chi connectivity index (χ0v) is 12.2. The maximum absolute atomic E-state index is 13.7. The third-order valence-corrected chi connectivity index (χ3v) is 4.02. The first-order valence-corrected chi connectivity index (χ1v) is 7.17. The normalized spacial score (nSPS) is 12.9. The van der Waals surface area contributed by atoms with Crippen molar-refractivity contribution in [3.05, 3.63) is 57.6 Å². The van der Waals surface area contributed by atoms with Crippen molar-refractivity contribution in [1.82, 2.24) is 0 Å². The molecule has 2 aromatic rings. The van der Waals surface area contributed by atoms with Crippen molar-refractivity contribution in [1.29, 1.82) is 0 Å². The van der Waals surface area contributed by atoms with Crippen LogP contribution in [0.3, 0.4) is 0 Å². The number of benzene rings is 2. The van der Waals surface area contributed by atoms with E-state index < -0.39 is 11.6 Å². The number of hydrogen-bond donors (Lipinski definition) is 2. The molecule has 0 amide bonds. The van der Waals surface area contributed by atoms with E-state index in [-0.39, 0.29) is 10.2 Å². The summed E-state index contributed by atoms with van der Waals surface area (Å²) in [6.07, 6.45) is 1.00. The molecule has 0 fully saturated rings. The molecule has 0 saturated heterocycles. The number of hydrogen-bond acceptors (Lipinski definition) is 2. The van der Waals surface area contributed by atoms with Crippen LogP contribution in [0.4, 0.5) is 20.2 Å². The minimum absolute atomic E-state index is 0.128. The van der Waals surface area contributed by atoms with Gasteiger partial charge in [-0.05, 0) is 39.5 Å². The van der Waals surface area contributed by atoms with Crippen LogP contribution in [0.5, 0.6) is 0 Å². The van der Waals surface area contributed by atoms with Gasteiger partial charge in [0, 0.05) is 24.8 Å². The lowest BCUT2D eigenvalue weighted by Gasteiger charge is -2.12. The quantitative estimate of drug-likeness (QED) is 0.815. The number of para-hydroxylation sites is 1. The molecule has 20 heavy (non-hydrogen) atoms. The first-order chi connectivity index (χ1) is 9.65. The van der Waals surface area contributed by atoms with Crippen molar-refractivity contribution in [3.63, 3.8) is 0 Å². The Hall–Kier alpha value is -1.62. The molecule has 0 atom stereocenters. The fraction of sp³-hybridized carbons (Fsp3) is 0.200. The molecule has 1 aliphatic rings. The minimum Gasteiger partial charge on any atom is -0.384 e. The summed E-state index contributed by atoms with van der Waals surface area (Å²) >= 11 is 2.96. The zero-order chi connectivity index (χ0) is 14.1. The molecule has 2 N–H and O–H groups in total. The van der Waals surface area contributed by atoms with Gasteiger partial charge in [-0.2, -0.15) is 0 Å². The van der Waals surface area contributed by atoms with Crippen molar-refractivity contribution in [2.75, 3.05) is 17.2 Å². The summed E-state index contributed by atoms with van der Waals surface area (Å²) in [6, 6.07) is 8.35. The van der Waals surface area contributed by atoms with E-state index in [1.54, 1.807) is 0 Å². The summed E-state index contributed by atoms with van der Waals surface area (Å²) in [6.45, 7) is 1.38. The molecule has 0 spiro atoms. The van der Waals surface area contributed by atoms with E-state index in [0.29, 0.717) is 6.54 Å². The summed E-state index contributed by atoms with van der Waals surface area (Å²) in [5, 5.41) is 6.28. The van der Waals surface area contributed by atoms with Crippen LogP contribution < -0.4 is 10.6 Å². The highest BCUT2D eigenvalue weighted by atomic mass is 79.9. The monoisotopic (exact) mass is 338 g/mol. The number of anilines is 2. The van der Waals surface area contributed by atoms with Crippen molar-refractivity contribution >= 4 is 27.3 Å². The first-order valence-electron chi connectivity index (χ1n) is 6.38. The van der Waals surface area contributed by atoms with Crippen LogP contribution in [0, 0.1) is 11.6 Å². The average molecular weight is 339 g/mol. The molecular formula is C15H13BrF2N2. The van der Waals surface area contributed by atoms with Crippen molar-refractivity contribution in [3.8, 4) is 0 Å². The largest absolute Gasteiger partial charge is 0.384 e. The number of rotatable bonds is 3. The maximum atomic E-state index is 13.7. The van der Waals surface area contributed by atoms with E-state index in [2.05, 4.69) is 32.6 Å². The number of fused-ring (bicyclic) bond motifs is 1. The fourth-order valence-electron chi connectivity index (χ4n) is 2.41. The second-order valence-corrected chi connectivity index (χ2v) is 5.58. The lowest BCUT2D eigenvalue weighted by molar-refractivity contribution is 0.596. The summed E-state index contributed by atoms with van der Waals surface area (Å²) < 4.78 is 27.3. The SMILES string of the molecule is Fc1cc(NCc2cccc3c2NCC3)c(F)cc1Br. The van der Waals surface area contributed by atoms with E-state index in [9.17, 15) is 8.78 Å². The lowest BCUT2D eigenvalue weighted by Crippen LogP contribution is -2.05. The van der Waals surface area contributed by atoms with E-state index in [1.807, 2.05) is 12.1 Å². The van der Waals surface area contributed by atoms with Crippen LogP contribution in [-0.2, 0) is 13.0 Å². The van der Waals surface area contributed by atoms with E-state index >= 15 is 0 Å². The standard InChI is InChI=1S/C15H13BrF2N2/c16-11-6-13(18)14(7-12(11)17)20-8-10-3-1-2-9-4-5-19-15(9)10/h1-3,6-7,19-20H,4-5,8H2. The van der Waals surface area contributed by atoms with Crippen LogP contribution in [0.1, 0.15) is 11.1 Å². The van der Waals surface area contributed by atoms with Gasteiger partial charge in [0.1, 0.15) is 11.6 Å². The zero-order valence-electron chi connectivity index (χ0n) is 10.6. The summed E-state index contributed by atoms with van der Waals surface area (Å²) in [5.41, 5.74) is 3.61. The van der Waals surface area contributed by atoms with Gasteiger partial charge in [0.15, 0.2) is 0 Å². The molecule has 0 bridgehead atoms. The summed E-state index contributed by atoms with van der Waals surface area (Å²) in [7, 11) is 0. The van der Waals surface area contributed by atoms with Crippen LogP contribution in [0.25, 0.3) is 0 Å². The first kappa shape index (κ1) is 13.4. The molecule has 0 aliphatic carbocycles. The van der Waals surface area contributed by atoms with Crippen LogP contribution in [0.15, 0.2) is 34.8 Å². The Labute approximate surface area is 124 Å². The number of nitrogens with one attached hydrogen (secondary N) is 2. The molecule has 0 saturated carbocycles. The average Bonchev–Trinajstić information content (AvgIpc) is 2.90. The highest BCUT2D eigenvalue weighted by molar-refractivity contribution is 9.10. The van der Waals surface area contributed by atoms with E-state index in [0.717, 1.165) is 36.3 Å². The fourth-order valence-corrected chi connectivity index (χ4v) is 2.72. The molecule has 2 nitrogen and oxygen atoms in total. The molecular weight excluding hydrogens is 326 g/mol. The van der Waals surface area contributed by atoms with Gasteiger partial charge in [-0.1, -0.05) is 18.2 Å². The molecule has 1 aliphatic heterocycles. The van der Waals surface area contributed by atoms with Gasteiger partial charge in [0.05, 0.1) is 10.2 Å². The van der Waals surface area contributed by atoms with Gasteiger partial charge in [0.25, 0.3) is 0 Å². The lowest BCUT2D eigenvalue weighted by atomic mass is 10.1. The number of halogens is 3. The molecule has 0 radical (unpaired) electrons. The summed E-state index contributed by atoms with van der Waals surface area (Å²) in [5.74, 6) is -0.955. The molecule has 2 aromatic carbocycles. The van der Waals surface area contributed by atoms with Crippen LogP contribution in [0.2, 0.25) is 0 Å². The Morgan fingerprint density at radius 1 is 1.20 bits per heavy atom. The topological polar surface area (TPSA) is 24.1 Å². The highest BCUT2D eigenvalue weighted by Gasteiger charge is 2.14. The smallest absolute Gasteiger partial charge is 0.147 e. The third-order valence-electron chi connectivity index (χ3n) is 3.41. The predicted molar refractivity (Wildman–Crippen MR) is 80.0 cm³/mol. The Kier molecular flexibility index (Phi) is 3.61. The van der Waals surface area contributed by atoms with E-state index in [1.165, 1.54) is 5.56 Å². The predicted octanol–water partition coefficient (Wildman–Crippen LogP) is 4.31. The van der Waals surface area contributed by atoms with E-state index in [4.69, 9.17) is 0 Å². The molecule has 1 heterocycles. The molecule has 104 valence electrons. The Balaban J connectivity index is 1.81. The molecule has 3 rings (SSSR count). The second kappa shape index (κ2) is 5.40. The summed E-state index contributed by atoms with van der Waals surface area (Å²) in [4.78, 5) is 0. The van der Waals surface area contributed by atoms with Gasteiger partial charge in [-0.3, -0.25) is 0 Å². The van der Waals surface area contributed by atoms with Gasteiger partial charge < -0.3 is 10.6 Å². The molecule has 0 aromatic heterocycles. The molecule has 0 unspecified atom stereocenters. The van der Waals surface area contributed by atoms with Crippen LogP contribution in [-0.4, -0.2) is 6.54 Å². The van der Waals surface area contributed by atoms with Gasteiger partial charge in [-0.25, -0.2) is 8.78 Å². The van der Waals surface area contributed by atoms with Crippen LogP contribution >= 0.6 is 15.9 Å². The Morgan fingerprint density at radius 3 is 2.90 bits per heavy atom. The maximum Gasteiger partial charge on any atom is 0.147 e. The highest BCUT2D eigenvalue weighted by Crippen LogP contribution is 2.28. The van der Waals surface area contributed by atoms with Crippen molar-refractivity contribution < 1.29 is 8.78 Å². The second-order valence-electron chi connectivity index (χ2n) is 4.73. The van der Waals surface area contributed by atoms with Crippen molar-refractivity contribution in [2.45, 2.75) is 13.0 Å². The van der Waals surface area contributed by atoms with Gasteiger partial charge in [0.2, 0.25) is 0 Å². The van der Waals surface area contributed by atoms with Gasteiger partial charge >= 0.3 is 0 Å². The van der Waals surface area contributed by atoms with Gasteiger partial charge in [-0.15, -0.1) is 0 Å². The Morgan fingerprint density at radius 2 is 2.05 bits per heavy atom. The Bertz CT molecular complexity index is 659. The minimum atomic E-state index is -0.481. The third kappa shape index (κ3) is 2.50. The molecule has 5 heteroatoms.